The van der Waals surface area contributed by atoms with E-state index >= 15 is 0 Å². The molecule has 2 aromatic carbocycles. The fourth-order valence-electron chi connectivity index (χ4n) is 4.77. The van der Waals surface area contributed by atoms with Crippen LogP contribution in [0.15, 0.2) is 48.5 Å². The van der Waals surface area contributed by atoms with Crippen molar-refractivity contribution in [2.24, 2.45) is 0 Å². The molecular formula is C25H25F3N2O4. The van der Waals surface area contributed by atoms with Crippen LogP contribution >= 0.6 is 0 Å². The fraction of sp³-hybridized carbons (Fsp3) is 0.440. The Kier molecular flexibility index (Phi) is 6.77. The van der Waals surface area contributed by atoms with E-state index in [9.17, 15) is 18.0 Å². The van der Waals surface area contributed by atoms with Crippen molar-refractivity contribution in [3.63, 3.8) is 0 Å². The van der Waals surface area contributed by atoms with Gasteiger partial charge in [0.1, 0.15) is 5.60 Å². The Morgan fingerprint density at radius 1 is 1.03 bits per heavy atom. The number of ether oxygens (including phenoxy) is 1. The summed E-state index contributed by atoms with van der Waals surface area (Å²) < 4.78 is 45.8. The molecule has 1 aliphatic carbocycles. The molecule has 3 aliphatic rings. The number of nitrogens with zero attached hydrogens (tertiary/aromatic N) is 2. The summed E-state index contributed by atoms with van der Waals surface area (Å²) in [6.07, 6.45) is -1.25. The first-order valence-corrected chi connectivity index (χ1v) is 11.2. The predicted molar refractivity (Wildman–Crippen MR) is 116 cm³/mol. The summed E-state index contributed by atoms with van der Waals surface area (Å²) >= 11 is 0. The van der Waals surface area contributed by atoms with E-state index in [2.05, 4.69) is 4.90 Å². The molecule has 0 aromatic heterocycles. The van der Waals surface area contributed by atoms with E-state index in [0.717, 1.165) is 50.0 Å². The number of anilines is 1. The fourth-order valence-corrected chi connectivity index (χ4v) is 4.77. The molecule has 1 amide bonds. The molecule has 6 nitrogen and oxygen atoms in total. The van der Waals surface area contributed by atoms with Crippen LogP contribution in [0.5, 0.6) is 0 Å². The number of benzene rings is 2. The van der Waals surface area contributed by atoms with Crippen molar-refractivity contribution in [1.29, 1.82) is 0 Å². The molecule has 2 saturated heterocycles. The maximum Gasteiger partial charge on any atom is 0.416 e. The highest BCUT2D eigenvalue weighted by Gasteiger charge is 2.47. The molecule has 9 heteroatoms. The van der Waals surface area contributed by atoms with E-state index in [0.29, 0.717) is 18.7 Å². The maximum atomic E-state index is 13.3. The van der Waals surface area contributed by atoms with E-state index in [1.807, 2.05) is 30.3 Å². The molecule has 180 valence electrons. The number of rotatable bonds is 4. The average Bonchev–Trinajstić information content (AvgIpc) is 3.60. The molecule has 34 heavy (non-hydrogen) atoms. The van der Waals surface area contributed by atoms with Crippen LogP contribution in [0.25, 0.3) is 0 Å². The van der Waals surface area contributed by atoms with Crippen LogP contribution in [0.4, 0.5) is 23.7 Å². The summed E-state index contributed by atoms with van der Waals surface area (Å²) in [5.41, 5.74) is 1.23. The predicted octanol–water partition coefficient (Wildman–Crippen LogP) is 4.99. The molecule has 1 spiro atoms. The molecule has 2 aliphatic heterocycles. The van der Waals surface area contributed by atoms with Crippen molar-refractivity contribution < 1.29 is 32.3 Å². The van der Waals surface area contributed by atoms with Crippen molar-refractivity contribution in [2.45, 2.75) is 49.9 Å². The summed E-state index contributed by atoms with van der Waals surface area (Å²) in [5.74, 6) is 0.0445. The lowest BCUT2D eigenvalue weighted by atomic mass is 9.90. The van der Waals surface area contributed by atoms with Gasteiger partial charge in [0.25, 0.3) is 0 Å². The summed E-state index contributed by atoms with van der Waals surface area (Å²) in [6.45, 7) is 2.64. The normalized spacial score (nSPS) is 19.9. The number of likely N-dealkylation sites (tertiary alicyclic amines) is 1. The SMILES string of the molecule is O=C1OC2(CCN(Cc3ccc(C(F)(F)F)c(C4CC4)c3)CC2)CN1c1ccccc1.O=C=O. The third-order valence-electron chi connectivity index (χ3n) is 6.65. The van der Waals surface area contributed by atoms with Crippen LogP contribution < -0.4 is 4.90 Å². The van der Waals surface area contributed by atoms with Gasteiger partial charge in [0.15, 0.2) is 0 Å². The van der Waals surface area contributed by atoms with Gasteiger partial charge in [-0.1, -0.05) is 30.3 Å². The number of alkyl halides is 3. The zero-order valence-electron chi connectivity index (χ0n) is 18.5. The van der Waals surface area contributed by atoms with Crippen LogP contribution in [-0.4, -0.2) is 42.4 Å². The van der Waals surface area contributed by atoms with Gasteiger partial charge in [0, 0.05) is 38.2 Å². The second-order valence-electron chi connectivity index (χ2n) is 9.03. The number of hydrogen-bond acceptors (Lipinski definition) is 5. The monoisotopic (exact) mass is 474 g/mol. The highest BCUT2D eigenvalue weighted by Crippen LogP contribution is 2.46. The van der Waals surface area contributed by atoms with Gasteiger partial charge < -0.3 is 4.74 Å². The molecule has 2 aromatic rings. The number of halogens is 3. The number of para-hydroxylation sites is 1. The smallest absolute Gasteiger partial charge is 0.416 e. The summed E-state index contributed by atoms with van der Waals surface area (Å²) in [4.78, 5) is 32.6. The second kappa shape index (κ2) is 9.60. The molecule has 3 fully saturated rings. The van der Waals surface area contributed by atoms with Gasteiger partial charge in [-0.15, -0.1) is 0 Å². The third kappa shape index (κ3) is 5.32. The van der Waals surface area contributed by atoms with E-state index in [1.54, 1.807) is 17.0 Å². The Labute approximate surface area is 195 Å². The van der Waals surface area contributed by atoms with Crippen LogP contribution in [-0.2, 0) is 27.0 Å². The Morgan fingerprint density at radius 3 is 2.26 bits per heavy atom. The highest BCUT2D eigenvalue weighted by molar-refractivity contribution is 5.90. The minimum absolute atomic E-state index is 0.0445. The van der Waals surface area contributed by atoms with Crippen molar-refractivity contribution in [2.75, 3.05) is 24.5 Å². The van der Waals surface area contributed by atoms with E-state index in [1.165, 1.54) is 6.07 Å². The second-order valence-corrected chi connectivity index (χ2v) is 9.03. The Bertz CT molecular complexity index is 1060. The zero-order chi connectivity index (χ0) is 24.3. The number of carbonyl (C=O) groups excluding carboxylic acids is 3. The zero-order valence-corrected chi connectivity index (χ0v) is 18.5. The van der Waals surface area contributed by atoms with E-state index in [4.69, 9.17) is 14.3 Å². The van der Waals surface area contributed by atoms with Crippen LogP contribution in [0.2, 0.25) is 0 Å². The third-order valence-corrected chi connectivity index (χ3v) is 6.65. The van der Waals surface area contributed by atoms with Gasteiger partial charge in [-0.25, -0.2) is 4.79 Å². The summed E-state index contributed by atoms with van der Waals surface area (Å²) in [5, 5.41) is 0. The first-order valence-electron chi connectivity index (χ1n) is 11.2. The molecule has 0 radical (unpaired) electrons. The van der Waals surface area contributed by atoms with Gasteiger partial charge in [0.2, 0.25) is 0 Å². The van der Waals surface area contributed by atoms with Gasteiger partial charge in [-0.2, -0.15) is 22.8 Å². The quantitative estimate of drug-likeness (QED) is 0.625. The number of hydrogen-bond donors (Lipinski definition) is 0. The Hall–Kier alpha value is -3.16. The van der Waals surface area contributed by atoms with Crippen LogP contribution in [0.3, 0.4) is 0 Å². The van der Waals surface area contributed by atoms with Crippen LogP contribution in [0, 0.1) is 0 Å². The Morgan fingerprint density at radius 2 is 1.68 bits per heavy atom. The molecule has 0 atom stereocenters. The highest BCUT2D eigenvalue weighted by atomic mass is 19.4. The van der Waals surface area contributed by atoms with Gasteiger partial charge in [-0.3, -0.25) is 9.80 Å². The lowest BCUT2D eigenvalue weighted by Crippen LogP contribution is -2.46. The minimum Gasteiger partial charge on any atom is -0.441 e. The van der Waals surface area contributed by atoms with Crippen molar-refractivity contribution in [3.8, 4) is 0 Å². The largest absolute Gasteiger partial charge is 0.441 e. The van der Waals surface area contributed by atoms with Crippen LogP contribution in [0.1, 0.15) is 48.3 Å². The van der Waals surface area contributed by atoms with E-state index in [-0.39, 0.29) is 18.2 Å². The Balaban J connectivity index is 0.000000868. The average molecular weight is 474 g/mol. The van der Waals surface area contributed by atoms with Gasteiger partial charge in [-0.05, 0) is 48.1 Å². The molecule has 0 bridgehead atoms. The molecule has 2 heterocycles. The van der Waals surface area contributed by atoms with Crippen molar-refractivity contribution >= 4 is 17.9 Å². The van der Waals surface area contributed by atoms with Crippen molar-refractivity contribution in [3.05, 3.63) is 65.2 Å². The topological polar surface area (TPSA) is 66.9 Å². The standard InChI is InChI=1S/C24H25F3N2O2.CO2/c25-24(26,27)21-9-6-17(14-20(21)18-7-8-18)15-28-12-10-23(11-13-28)16-29(22(30)31-23)19-4-2-1-3-5-19;2-1-3/h1-6,9,14,18H,7-8,10-13,15-16H2;. The van der Waals surface area contributed by atoms with Gasteiger partial charge >= 0.3 is 18.4 Å². The first-order chi connectivity index (χ1) is 16.2. The first kappa shape index (κ1) is 24.0. The maximum absolute atomic E-state index is 13.3. The molecular weight excluding hydrogens is 449 g/mol. The summed E-state index contributed by atoms with van der Waals surface area (Å²) in [6, 6.07) is 14.1. The molecule has 5 rings (SSSR count). The molecule has 1 saturated carbocycles. The minimum atomic E-state index is -4.30. The van der Waals surface area contributed by atoms with E-state index < -0.39 is 17.3 Å². The lowest BCUT2D eigenvalue weighted by Gasteiger charge is -2.37. The van der Waals surface area contributed by atoms with Gasteiger partial charge in [0.05, 0.1) is 12.1 Å². The molecule has 0 unspecified atom stereocenters. The van der Waals surface area contributed by atoms with Crippen molar-refractivity contribution in [1.82, 2.24) is 4.90 Å². The number of carbonyl (C=O) groups is 1. The lowest BCUT2D eigenvalue weighted by molar-refractivity contribution is -0.191. The number of piperidine rings is 1. The molecule has 0 N–H and O–H groups in total. The summed E-state index contributed by atoms with van der Waals surface area (Å²) in [7, 11) is 0. The number of amides is 1.